The summed E-state index contributed by atoms with van der Waals surface area (Å²) in [6.07, 6.45) is 3.84. The van der Waals surface area contributed by atoms with Crippen molar-refractivity contribution < 1.29 is 14.1 Å². The fourth-order valence-electron chi connectivity index (χ4n) is 2.94. The van der Waals surface area contributed by atoms with E-state index in [-0.39, 0.29) is 11.8 Å². The van der Waals surface area contributed by atoms with E-state index in [1.807, 2.05) is 30.3 Å². The predicted octanol–water partition coefficient (Wildman–Crippen LogP) is 2.46. The van der Waals surface area contributed by atoms with Crippen molar-refractivity contribution in [3.8, 4) is 0 Å². The molecule has 2 aromatic heterocycles. The van der Waals surface area contributed by atoms with Crippen LogP contribution in [0.5, 0.6) is 0 Å². The van der Waals surface area contributed by atoms with Crippen molar-refractivity contribution >= 4 is 5.91 Å². The standard InChI is InChI=1S/C20H20N4O3/c25-20(16-6-9-21-10-7-16)24-12-17(13-24)19-22-18(23-27-19)8-11-26-14-15-4-2-1-3-5-15/h1-7,9-10,17H,8,11-14H2. The van der Waals surface area contributed by atoms with Crippen LogP contribution >= 0.6 is 0 Å². The molecule has 3 heterocycles. The van der Waals surface area contributed by atoms with Gasteiger partial charge in [-0.25, -0.2) is 0 Å². The van der Waals surface area contributed by atoms with Crippen LogP contribution in [0, 0.1) is 0 Å². The number of nitrogens with zero attached hydrogens (tertiary/aromatic N) is 4. The van der Waals surface area contributed by atoms with Gasteiger partial charge < -0.3 is 14.2 Å². The normalized spacial score (nSPS) is 14.1. The summed E-state index contributed by atoms with van der Waals surface area (Å²) in [5.41, 5.74) is 1.78. The highest BCUT2D eigenvalue weighted by atomic mass is 16.5. The maximum atomic E-state index is 12.3. The number of pyridine rings is 1. The Morgan fingerprint density at radius 3 is 2.70 bits per heavy atom. The Morgan fingerprint density at radius 2 is 1.93 bits per heavy atom. The molecule has 4 rings (SSSR count). The maximum absolute atomic E-state index is 12.3. The van der Waals surface area contributed by atoms with Gasteiger partial charge in [0.1, 0.15) is 0 Å². The van der Waals surface area contributed by atoms with Gasteiger partial charge in [0, 0.05) is 37.5 Å². The topological polar surface area (TPSA) is 81.4 Å². The number of ether oxygens (including phenoxy) is 1. The molecule has 1 aliphatic rings. The molecule has 7 heteroatoms. The van der Waals surface area contributed by atoms with Gasteiger partial charge in [0.05, 0.1) is 19.1 Å². The Labute approximate surface area is 157 Å². The second-order valence-electron chi connectivity index (χ2n) is 6.48. The third-order valence-electron chi connectivity index (χ3n) is 4.51. The van der Waals surface area contributed by atoms with Gasteiger partial charge in [0.15, 0.2) is 5.82 Å². The maximum Gasteiger partial charge on any atom is 0.254 e. The number of hydrogen-bond donors (Lipinski definition) is 0. The lowest BCUT2D eigenvalue weighted by Gasteiger charge is -2.37. The summed E-state index contributed by atoms with van der Waals surface area (Å²) in [4.78, 5) is 22.5. The van der Waals surface area contributed by atoms with Crippen molar-refractivity contribution in [1.82, 2.24) is 20.0 Å². The van der Waals surface area contributed by atoms with E-state index in [2.05, 4.69) is 15.1 Å². The van der Waals surface area contributed by atoms with E-state index < -0.39 is 0 Å². The minimum absolute atomic E-state index is 0.00250. The molecule has 138 valence electrons. The average Bonchev–Trinajstić information content (AvgIpc) is 3.14. The van der Waals surface area contributed by atoms with E-state index in [9.17, 15) is 4.79 Å². The van der Waals surface area contributed by atoms with Gasteiger partial charge in [-0.05, 0) is 17.7 Å². The van der Waals surface area contributed by atoms with Crippen molar-refractivity contribution in [2.45, 2.75) is 18.9 Å². The number of aromatic nitrogens is 3. The minimum Gasteiger partial charge on any atom is -0.376 e. The van der Waals surface area contributed by atoms with Crippen LogP contribution in [0.2, 0.25) is 0 Å². The van der Waals surface area contributed by atoms with E-state index in [0.29, 0.717) is 50.0 Å². The molecule has 0 spiro atoms. The Hall–Kier alpha value is -3.06. The lowest BCUT2D eigenvalue weighted by molar-refractivity contribution is 0.0569. The molecule has 0 aliphatic carbocycles. The first-order valence-corrected chi connectivity index (χ1v) is 8.93. The Bertz CT molecular complexity index is 877. The lowest BCUT2D eigenvalue weighted by atomic mass is 9.99. The molecule has 0 unspecified atom stereocenters. The molecule has 1 amide bonds. The summed E-state index contributed by atoms with van der Waals surface area (Å²) in [5.74, 6) is 1.33. The van der Waals surface area contributed by atoms with Crippen LogP contribution < -0.4 is 0 Å². The van der Waals surface area contributed by atoms with Crippen LogP contribution in [0.3, 0.4) is 0 Å². The fraction of sp³-hybridized carbons (Fsp3) is 0.300. The van der Waals surface area contributed by atoms with Crippen molar-refractivity contribution in [3.05, 3.63) is 77.7 Å². The van der Waals surface area contributed by atoms with E-state index in [0.717, 1.165) is 5.56 Å². The van der Waals surface area contributed by atoms with Gasteiger partial charge in [-0.3, -0.25) is 9.78 Å². The predicted molar refractivity (Wildman–Crippen MR) is 97.0 cm³/mol. The number of amides is 1. The molecule has 1 fully saturated rings. The Morgan fingerprint density at radius 1 is 1.15 bits per heavy atom. The molecule has 0 radical (unpaired) electrons. The summed E-state index contributed by atoms with van der Waals surface area (Å²) in [6, 6.07) is 13.5. The van der Waals surface area contributed by atoms with Crippen LogP contribution in [0.1, 0.15) is 33.6 Å². The molecule has 0 N–H and O–H groups in total. The molecule has 0 bridgehead atoms. The van der Waals surface area contributed by atoms with Gasteiger partial charge in [-0.2, -0.15) is 4.98 Å². The average molecular weight is 364 g/mol. The molecule has 7 nitrogen and oxygen atoms in total. The number of carbonyl (C=O) groups excluding carboxylic acids is 1. The molecule has 3 aromatic rings. The molecular formula is C20H20N4O3. The van der Waals surface area contributed by atoms with Crippen LogP contribution in [0.4, 0.5) is 0 Å². The zero-order chi connectivity index (χ0) is 18.5. The molecule has 0 atom stereocenters. The van der Waals surface area contributed by atoms with Crippen molar-refractivity contribution in [1.29, 1.82) is 0 Å². The van der Waals surface area contributed by atoms with Crippen molar-refractivity contribution in [2.24, 2.45) is 0 Å². The van der Waals surface area contributed by atoms with E-state index in [4.69, 9.17) is 9.26 Å². The summed E-state index contributed by atoms with van der Waals surface area (Å²) >= 11 is 0. The summed E-state index contributed by atoms with van der Waals surface area (Å²) in [5, 5.41) is 4.01. The highest BCUT2D eigenvalue weighted by molar-refractivity contribution is 5.94. The molecular weight excluding hydrogens is 344 g/mol. The van der Waals surface area contributed by atoms with Gasteiger partial charge in [-0.15, -0.1) is 0 Å². The van der Waals surface area contributed by atoms with Crippen LogP contribution in [-0.4, -0.2) is 45.6 Å². The van der Waals surface area contributed by atoms with Gasteiger partial charge >= 0.3 is 0 Å². The third kappa shape index (κ3) is 4.20. The smallest absolute Gasteiger partial charge is 0.254 e. The van der Waals surface area contributed by atoms with Crippen molar-refractivity contribution in [2.75, 3.05) is 19.7 Å². The van der Waals surface area contributed by atoms with Gasteiger partial charge in [0.2, 0.25) is 5.89 Å². The summed E-state index contributed by atoms with van der Waals surface area (Å²) in [6.45, 7) is 2.28. The SMILES string of the molecule is O=C(c1ccncc1)N1CC(c2nc(CCOCc3ccccc3)no2)C1. The molecule has 1 saturated heterocycles. The highest BCUT2D eigenvalue weighted by Crippen LogP contribution is 2.27. The fourth-order valence-corrected chi connectivity index (χ4v) is 2.94. The van der Waals surface area contributed by atoms with Crippen LogP contribution in [0.25, 0.3) is 0 Å². The zero-order valence-corrected chi connectivity index (χ0v) is 14.8. The Kier molecular flexibility index (Phi) is 5.20. The van der Waals surface area contributed by atoms with Crippen molar-refractivity contribution in [3.63, 3.8) is 0 Å². The highest BCUT2D eigenvalue weighted by Gasteiger charge is 2.35. The molecule has 27 heavy (non-hydrogen) atoms. The second kappa shape index (κ2) is 8.09. The minimum atomic E-state index is 0.00250. The number of hydrogen-bond acceptors (Lipinski definition) is 6. The number of carbonyl (C=O) groups is 1. The third-order valence-corrected chi connectivity index (χ3v) is 4.51. The quantitative estimate of drug-likeness (QED) is 0.599. The second-order valence-corrected chi connectivity index (χ2v) is 6.48. The van der Waals surface area contributed by atoms with E-state index in [1.165, 1.54) is 0 Å². The van der Waals surface area contributed by atoms with Crippen LogP contribution in [-0.2, 0) is 17.8 Å². The van der Waals surface area contributed by atoms with E-state index >= 15 is 0 Å². The van der Waals surface area contributed by atoms with Gasteiger partial charge in [0.25, 0.3) is 5.91 Å². The molecule has 1 aliphatic heterocycles. The molecule has 0 saturated carbocycles. The van der Waals surface area contributed by atoms with Crippen LogP contribution in [0.15, 0.2) is 59.4 Å². The number of benzene rings is 1. The lowest BCUT2D eigenvalue weighted by Crippen LogP contribution is -2.48. The largest absolute Gasteiger partial charge is 0.376 e. The molecule has 1 aromatic carbocycles. The van der Waals surface area contributed by atoms with E-state index in [1.54, 1.807) is 29.4 Å². The first-order chi connectivity index (χ1) is 13.3. The first kappa shape index (κ1) is 17.4. The number of likely N-dealkylation sites (tertiary alicyclic amines) is 1. The number of rotatable bonds is 7. The first-order valence-electron chi connectivity index (χ1n) is 8.93. The van der Waals surface area contributed by atoms with Gasteiger partial charge in [-0.1, -0.05) is 35.5 Å². The zero-order valence-electron chi connectivity index (χ0n) is 14.8. The summed E-state index contributed by atoms with van der Waals surface area (Å²) < 4.78 is 11.0. The Balaban J connectivity index is 1.22. The summed E-state index contributed by atoms with van der Waals surface area (Å²) in [7, 11) is 0. The monoisotopic (exact) mass is 364 g/mol.